The number of fused-ring (bicyclic) bond motifs is 2. The number of rotatable bonds is 6. The summed E-state index contributed by atoms with van der Waals surface area (Å²) in [7, 11) is 0. The molecule has 4 aromatic rings. The van der Waals surface area contributed by atoms with Crippen molar-refractivity contribution in [2.45, 2.75) is 38.9 Å². The van der Waals surface area contributed by atoms with Gasteiger partial charge in [0.1, 0.15) is 6.04 Å². The van der Waals surface area contributed by atoms with Crippen molar-refractivity contribution >= 4 is 27.7 Å². The summed E-state index contributed by atoms with van der Waals surface area (Å²) in [5, 5.41) is 8.77. The summed E-state index contributed by atoms with van der Waals surface area (Å²) < 4.78 is 3.28. The summed E-state index contributed by atoms with van der Waals surface area (Å²) in [4.78, 5) is 29.9. The number of para-hydroxylation sites is 2. The fourth-order valence-corrected chi connectivity index (χ4v) is 3.48. The maximum absolute atomic E-state index is 12.9. The van der Waals surface area contributed by atoms with Crippen molar-refractivity contribution in [3.63, 3.8) is 0 Å². The van der Waals surface area contributed by atoms with E-state index in [1.807, 2.05) is 60.9 Å². The lowest BCUT2D eigenvalue weighted by molar-refractivity contribution is -0.124. The molecule has 2 heterocycles. The molecule has 0 radical (unpaired) electrons. The molecule has 0 aliphatic heterocycles. The van der Waals surface area contributed by atoms with Crippen LogP contribution in [-0.2, 0) is 11.3 Å². The Morgan fingerprint density at radius 2 is 1.90 bits per heavy atom. The molecule has 148 valence electrons. The Balaban J connectivity index is 1.52. The van der Waals surface area contributed by atoms with Crippen LogP contribution in [0.5, 0.6) is 0 Å². The van der Waals surface area contributed by atoms with Crippen LogP contribution in [0, 0.1) is 0 Å². The van der Waals surface area contributed by atoms with Gasteiger partial charge >= 0.3 is 0 Å². The van der Waals surface area contributed by atoms with Gasteiger partial charge in [-0.2, -0.15) is 5.10 Å². The van der Waals surface area contributed by atoms with Gasteiger partial charge in [-0.25, -0.2) is 9.67 Å². The van der Waals surface area contributed by atoms with Crippen LogP contribution in [0.15, 0.2) is 65.8 Å². The number of benzene rings is 2. The predicted molar refractivity (Wildman–Crippen MR) is 113 cm³/mol. The number of hydrogen-bond acceptors (Lipinski definition) is 4. The summed E-state index contributed by atoms with van der Waals surface area (Å²) in [6.07, 6.45) is 4.06. The Labute approximate surface area is 168 Å². The lowest BCUT2D eigenvalue weighted by Crippen LogP contribution is -2.43. The van der Waals surface area contributed by atoms with E-state index in [4.69, 9.17) is 0 Å². The summed E-state index contributed by atoms with van der Waals surface area (Å²) >= 11 is 0. The van der Waals surface area contributed by atoms with Crippen LogP contribution in [0.4, 0.5) is 0 Å². The third-order valence-corrected chi connectivity index (χ3v) is 5.27. The van der Waals surface area contributed by atoms with E-state index in [0.717, 1.165) is 16.4 Å². The van der Waals surface area contributed by atoms with Crippen molar-refractivity contribution in [3.05, 3.63) is 71.4 Å². The molecule has 7 heteroatoms. The Kier molecular flexibility index (Phi) is 5.12. The number of imidazole rings is 1. The van der Waals surface area contributed by atoms with E-state index in [2.05, 4.69) is 15.4 Å². The largest absolute Gasteiger partial charge is 0.350 e. The number of carbonyl (C=O) groups excluding carboxylic acids is 1. The molecule has 0 saturated heterocycles. The van der Waals surface area contributed by atoms with Crippen molar-refractivity contribution in [3.8, 4) is 0 Å². The number of carbonyl (C=O) groups is 1. The van der Waals surface area contributed by atoms with E-state index < -0.39 is 6.04 Å². The first-order valence-corrected chi connectivity index (χ1v) is 9.75. The zero-order chi connectivity index (χ0) is 20.4. The number of aromatic nitrogens is 4. The summed E-state index contributed by atoms with van der Waals surface area (Å²) in [6.45, 7) is 4.15. The molecule has 1 amide bonds. The van der Waals surface area contributed by atoms with Crippen molar-refractivity contribution in [1.82, 2.24) is 24.6 Å². The molecule has 1 N–H and O–H groups in total. The van der Waals surface area contributed by atoms with Gasteiger partial charge in [0.15, 0.2) is 0 Å². The molecular formula is C22H23N5O2. The lowest BCUT2D eigenvalue weighted by atomic mass is 10.2. The van der Waals surface area contributed by atoms with E-state index in [1.165, 1.54) is 4.68 Å². The van der Waals surface area contributed by atoms with Crippen molar-refractivity contribution in [2.75, 3.05) is 0 Å². The molecule has 2 aromatic carbocycles. The first-order chi connectivity index (χ1) is 14.1. The minimum absolute atomic E-state index is 0.117. The number of hydrogen-bond donors (Lipinski definition) is 1. The normalized spacial score (nSPS) is 13.4. The molecule has 0 aliphatic carbocycles. The van der Waals surface area contributed by atoms with Crippen LogP contribution in [-0.4, -0.2) is 31.3 Å². The fraction of sp³-hybridized carbons (Fsp3) is 0.273. The highest BCUT2D eigenvalue weighted by molar-refractivity contribution is 5.84. The molecule has 0 spiro atoms. The second-order valence-corrected chi connectivity index (χ2v) is 7.15. The number of nitrogens with zero attached hydrogens (tertiary/aromatic N) is 4. The molecule has 0 fully saturated rings. The van der Waals surface area contributed by atoms with Crippen molar-refractivity contribution < 1.29 is 4.79 Å². The second-order valence-electron chi connectivity index (χ2n) is 7.15. The molecule has 2 aromatic heterocycles. The monoisotopic (exact) mass is 389 g/mol. The first-order valence-electron chi connectivity index (χ1n) is 9.75. The number of nitrogens with one attached hydrogen (secondary N) is 1. The van der Waals surface area contributed by atoms with Crippen molar-refractivity contribution in [1.29, 1.82) is 0 Å². The fourth-order valence-electron chi connectivity index (χ4n) is 3.48. The summed E-state index contributed by atoms with van der Waals surface area (Å²) in [5.74, 6) is -0.117. The van der Waals surface area contributed by atoms with Crippen LogP contribution >= 0.6 is 0 Å². The maximum atomic E-state index is 12.9. The summed E-state index contributed by atoms with van der Waals surface area (Å²) in [6, 6.07) is 14.5. The highest BCUT2D eigenvalue weighted by Gasteiger charge is 2.20. The first kappa shape index (κ1) is 18.9. The van der Waals surface area contributed by atoms with Gasteiger partial charge in [-0.3, -0.25) is 9.59 Å². The molecule has 0 bridgehead atoms. The highest BCUT2D eigenvalue weighted by Crippen LogP contribution is 2.17. The third-order valence-electron chi connectivity index (χ3n) is 5.27. The predicted octanol–water partition coefficient (Wildman–Crippen LogP) is 2.90. The van der Waals surface area contributed by atoms with Gasteiger partial charge in [-0.1, -0.05) is 37.3 Å². The molecule has 29 heavy (non-hydrogen) atoms. The molecule has 7 nitrogen and oxygen atoms in total. The second kappa shape index (κ2) is 7.87. The SMILES string of the molecule is CC[C@H](Cn1ncc2ccccc2c1=O)NC(=O)[C@@H](C)n1cnc2ccccc21. The van der Waals surface area contributed by atoms with Crippen molar-refractivity contribution in [2.24, 2.45) is 0 Å². The topological polar surface area (TPSA) is 81.8 Å². The Morgan fingerprint density at radius 1 is 1.14 bits per heavy atom. The van der Waals surface area contributed by atoms with E-state index >= 15 is 0 Å². The van der Waals surface area contributed by atoms with Gasteiger partial charge < -0.3 is 9.88 Å². The van der Waals surface area contributed by atoms with E-state index in [1.54, 1.807) is 18.6 Å². The quantitative estimate of drug-likeness (QED) is 0.550. The van der Waals surface area contributed by atoms with Crippen LogP contribution in [0.1, 0.15) is 26.3 Å². The average molecular weight is 389 g/mol. The van der Waals surface area contributed by atoms with Gasteiger partial charge in [0, 0.05) is 11.4 Å². The minimum atomic E-state index is -0.419. The number of amides is 1. The van der Waals surface area contributed by atoms with E-state index in [-0.39, 0.29) is 17.5 Å². The smallest absolute Gasteiger partial charge is 0.274 e. The van der Waals surface area contributed by atoms with Gasteiger partial charge in [0.25, 0.3) is 5.56 Å². The molecule has 0 unspecified atom stereocenters. The molecule has 2 atom stereocenters. The average Bonchev–Trinajstić information content (AvgIpc) is 3.18. The Bertz CT molecular complexity index is 1230. The van der Waals surface area contributed by atoms with Gasteiger partial charge in [0.05, 0.1) is 35.5 Å². The molecule has 0 saturated carbocycles. The van der Waals surface area contributed by atoms with Crippen LogP contribution in [0.2, 0.25) is 0 Å². The Morgan fingerprint density at radius 3 is 2.72 bits per heavy atom. The van der Waals surface area contributed by atoms with Gasteiger partial charge in [-0.05, 0) is 31.5 Å². The third kappa shape index (κ3) is 3.63. The molecule has 0 aliphatic rings. The van der Waals surface area contributed by atoms with Gasteiger partial charge in [0.2, 0.25) is 5.91 Å². The van der Waals surface area contributed by atoms with Crippen LogP contribution in [0.25, 0.3) is 21.8 Å². The van der Waals surface area contributed by atoms with Crippen LogP contribution < -0.4 is 10.9 Å². The standard InChI is InChI=1S/C22H23N5O2/c1-3-17(13-27-22(29)18-9-5-4-8-16(18)12-24-27)25-21(28)15(2)26-14-23-19-10-6-7-11-20(19)26/h4-12,14-15,17H,3,13H2,1-2H3,(H,25,28)/t15-,17-/m1/s1. The maximum Gasteiger partial charge on any atom is 0.274 e. The van der Waals surface area contributed by atoms with Crippen LogP contribution in [0.3, 0.4) is 0 Å². The highest BCUT2D eigenvalue weighted by atomic mass is 16.2. The van der Waals surface area contributed by atoms with E-state index in [9.17, 15) is 9.59 Å². The zero-order valence-electron chi connectivity index (χ0n) is 16.4. The summed E-state index contributed by atoms with van der Waals surface area (Å²) in [5.41, 5.74) is 1.62. The lowest BCUT2D eigenvalue weighted by Gasteiger charge is -2.21. The molecular weight excluding hydrogens is 366 g/mol. The van der Waals surface area contributed by atoms with Gasteiger partial charge in [-0.15, -0.1) is 0 Å². The zero-order valence-corrected chi connectivity index (χ0v) is 16.4. The van der Waals surface area contributed by atoms with E-state index in [0.29, 0.717) is 18.4 Å². The molecule has 4 rings (SSSR count). The Hall–Kier alpha value is -3.48. The minimum Gasteiger partial charge on any atom is -0.350 e.